The molecule has 0 saturated carbocycles. The monoisotopic (exact) mass is 1180 g/mol. The van der Waals surface area contributed by atoms with Gasteiger partial charge >= 0.3 is 33.6 Å². The molecule has 5 atom stereocenters. The van der Waals surface area contributed by atoms with Gasteiger partial charge in [0.25, 0.3) is 0 Å². The van der Waals surface area contributed by atoms with Crippen molar-refractivity contribution in [3.63, 3.8) is 0 Å². The van der Waals surface area contributed by atoms with Gasteiger partial charge in [0.15, 0.2) is 6.10 Å². The lowest BCUT2D eigenvalue weighted by molar-refractivity contribution is -0.161. The molecule has 0 aromatic heterocycles. The maximum absolute atomic E-state index is 12.9. The SMILES string of the molecule is CC/C=C\C/C=C\C/C=C\C/C=C\C/C=C\CCCC(=O)OCC(O)COP(=O)(O)OCC(O)COP(=O)(O)OCC(COC(=O)CCCCCCCCCCCCCCCCC)OC(=O)CCCCCCC/C=C\C/C=C\CCC. The molecule has 0 spiro atoms. The van der Waals surface area contributed by atoms with E-state index < -0.39 is 91.5 Å². The zero-order valence-corrected chi connectivity index (χ0v) is 52.0. The molecule has 468 valence electrons. The zero-order valence-electron chi connectivity index (χ0n) is 50.2. The number of phosphoric ester groups is 2. The summed E-state index contributed by atoms with van der Waals surface area (Å²) in [6, 6.07) is 0. The van der Waals surface area contributed by atoms with Crippen molar-refractivity contribution < 1.29 is 75.8 Å². The number of ether oxygens (including phenoxy) is 3. The van der Waals surface area contributed by atoms with Crippen LogP contribution in [-0.4, -0.2) is 95.9 Å². The van der Waals surface area contributed by atoms with Gasteiger partial charge in [-0.25, -0.2) is 9.13 Å². The Bertz CT molecular complexity index is 1830. The number of allylic oxidation sites excluding steroid dienone is 14. The summed E-state index contributed by atoms with van der Waals surface area (Å²) in [5.74, 6) is -1.64. The molecule has 5 unspecified atom stereocenters. The van der Waals surface area contributed by atoms with E-state index in [0.29, 0.717) is 25.7 Å². The Balaban J connectivity index is 4.72. The number of esters is 3. The van der Waals surface area contributed by atoms with E-state index in [1.807, 2.05) is 12.2 Å². The van der Waals surface area contributed by atoms with Gasteiger partial charge < -0.3 is 34.2 Å². The Kier molecular flexibility index (Phi) is 54.9. The summed E-state index contributed by atoms with van der Waals surface area (Å²) >= 11 is 0. The molecular weight excluding hydrogens is 1070 g/mol. The minimum atomic E-state index is -4.92. The van der Waals surface area contributed by atoms with Gasteiger partial charge in [-0.1, -0.05) is 221 Å². The lowest BCUT2D eigenvalue weighted by Gasteiger charge is -2.21. The molecule has 81 heavy (non-hydrogen) atoms. The van der Waals surface area contributed by atoms with E-state index in [1.54, 1.807) is 0 Å². The van der Waals surface area contributed by atoms with E-state index in [-0.39, 0.29) is 19.3 Å². The fraction of sp³-hybridized carbons (Fsp3) is 0.730. The molecule has 0 heterocycles. The minimum Gasteiger partial charge on any atom is -0.463 e. The van der Waals surface area contributed by atoms with E-state index in [0.717, 1.165) is 103 Å². The van der Waals surface area contributed by atoms with Crippen LogP contribution in [0.15, 0.2) is 85.1 Å². The van der Waals surface area contributed by atoms with Crippen molar-refractivity contribution in [2.75, 3.05) is 39.6 Å². The van der Waals surface area contributed by atoms with Crippen LogP contribution in [0.4, 0.5) is 0 Å². The van der Waals surface area contributed by atoms with E-state index >= 15 is 0 Å². The zero-order chi connectivity index (χ0) is 59.6. The van der Waals surface area contributed by atoms with Crippen LogP contribution >= 0.6 is 15.6 Å². The highest BCUT2D eigenvalue weighted by Gasteiger charge is 2.29. The second kappa shape index (κ2) is 57.2. The summed E-state index contributed by atoms with van der Waals surface area (Å²) in [7, 11) is -9.78. The first-order valence-electron chi connectivity index (χ1n) is 30.9. The molecule has 0 radical (unpaired) electrons. The summed E-state index contributed by atoms with van der Waals surface area (Å²) in [6.45, 7) is 2.39. The molecule has 0 aliphatic rings. The Morgan fingerprint density at radius 2 is 0.691 bits per heavy atom. The van der Waals surface area contributed by atoms with E-state index in [4.69, 9.17) is 32.3 Å². The topological polar surface area (TPSA) is 231 Å². The van der Waals surface area contributed by atoms with Crippen LogP contribution in [0.3, 0.4) is 0 Å². The number of aliphatic hydroxyl groups excluding tert-OH is 2. The highest BCUT2D eigenvalue weighted by Crippen LogP contribution is 2.45. The Morgan fingerprint density at radius 1 is 0.358 bits per heavy atom. The normalized spacial score (nSPS) is 15.0. The molecule has 0 fully saturated rings. The van der Waals surface area contributed by atoms with Gasteiger partial charge in [-0.3, -0.25) is 32.5 Å². The summed E-state index contributed by atoms with van der Waals surface area (Å²) in [5.41, 5.74) is 0. The van der Waals surface area contributed by atoms with Crippen LogP contribution in [-0.2, 0) is 55.8 Å². The number of unbranched alkanes of at least 4 members (excludes halogenated alkanes) is 21. The number of rotatable bonds is 58. The molecule has 18 heteroatoms. The van der Waals surface area contributed by atoms with Crippen molar-refractivity contribution >= 4 is 33.6 Å². The van der Waals surface area contributed by atoms with Crippen LogP contribution in [0.25, 0.3) is 0 Å². The largest absolute Gasteiger partial charge is 0.472 e. The van der Waals surface area contributed by atoms with Crippen LogP contribution in [0.5, 0.6) is 0 Å². The van der Waals surface area contributed by atoms with Crippen molar-refractivity contribution in [1.82, 2.24) is 0 Å². The molecule has 0 rings (SSSR count). The molecule has 0 saturated heterocycles. The Morgan fingerprint density at radius 3 is 1.14 bits per heavy atom. The Hall–Kier alpha value is -3.27. The van der Waals surface area contributed by atoms with E-state index in [1.165, 1.54) is 70.6 Å². The first-order valence-corrected chi connectivity index (χ1v) is 33.9. The van der Waals surface area contributed by atoms with Crippen LogP contribution in [0.1, 0.15) is 239 Å². The first-order chi connectivity index (χ1) is 39.2. The number of carbonyl (C=O) groups excluding carboxylic acids is 3. The summed E-state index contributed by atoms with van der Waals surface area (Å²) < 4.78 is 60.6. The molecular formula is C63H110O16P2. The molecule has 0 aromatic rings. The number of hydrogen-bond acceptors (Lipinski definition) is 14. The highest BCUT2D eigenvalue weighted by molar-refractivity contribution is 7.47. The molecule has 0 bridgehead atoms. The summed E-state index contributed by atoms with van der Waals surface area (Å²) in [4.78, 5) is 58.1. The molecule has 0 aliphatic carbocycles. The number of carbonyl (C=O) groups is 3. The van der Waals surface area contributed by atoms with Crippen LogP contribution < -0.4 is 0 Å². The second-order valence-electron chi connectivity index (χ2n) is 20.5. The standard InChI is InChI=1S/C63H110O16P2/c1-4-7-10-13-16-19-22-25-27-28-30-33-34-37-40-43-46-49-61(66)73-52-58(64)53-75-80(69,70)76-54-59(65)55-77-81(71,72)78-57-60(79-63(68)51-48-45-42-39-36-31-24-21-18-15-12-9-6-3)56-74-62(67)50-47-44-41-38-35-32-29-26-23-20-17-14-11-8-5-2/h7,10,12,15-16,19,21,24-25,27,30,33,37,40,58-60,64-65H,4-6,8-9,11,13-14,17-18,20,22-23,26,28-29,31-32,34-36,38-39,41-57H2,1-3H3,(H,69,70)(H,71,72)/b10-7-,15-12-,19-16-,24-21-,27-25-,33-30-,40-37-. The Labute approximate surface area is 489 Å². The van der Waals surface area contributed by atoms with Crippen LogP contribution in [0.2, 0.25) is 0 Å². The van der Waals surface area contributed by atoms with Gasteiger partial charge in [0.05, 0.1) is 26.4 Å². The first kappa shape index (κ1) is 77.7. The maximum atomic E-state index is 12.9. The van der Waals surface area contributed by atoms with Gasteiger partial charge in [0.1, 0.15) is 25.4 Å². The molecule has 0 amide bonds. The van der Waals surface area contributed by atoms with Gasteiger partial charge in [0, 0.05) is 19.3 Å². The third-order valence-electron chi connectivity index (χ3n) is 12.6. The fourth-order valence-electron chi connectivity index (χ4n) is 7.88. The maximum Gasteiger partial charge on any atom is 0.472 e. The molecule has 16 nitrogen and oxygen atoms in total. The van der Waals surface area contributed by atoms with Gasteiger partial charge in [0.2, 0.25) is 0 Å². The number of aliphatic hydroxyl groups is 2. The number of phosphoric acid groups is 2. The lowest BCUT2D eigenvalue weighted by Crippen LogP contribution is -2.30. The molecule has 0 aliphatic heterocycles. The molecule has 4 N–H and O–H groups in total. The lowest BCUT2D eigenvalue weighted by atomic mass is 10.0. The van der Waals surface area contributed by atoms with E-state index in [9.17, 15) is 43.5 Å². The highest BCUT2D eigenvalue weighted by atomic mass is 31.2. The third-order valence-corrected chi connectivity index (χ3v) is 14.5. The average molecular weight is 1190 g/mol. The smallest absolute Gasteiger partial charge is 0.463 e. The van der Waals surface area contributed by atoms with Gasteiger partial charge in [-0.2, -0.15) is 0 Å². The fourth-order valence-corrected chi connectivity index (χ4v) is 9.46. The minimum absolute atomic E-state index is 0.0887. The van der Waals surface area contributed by atoms with Crippen molar-refractivity contribution in [2.24, 2.45) is 0 Å². The quantitative estimate of drug-likeness (QED) is 0.0146. The molecule has 0 aromatic carbocycles. The third kappa shape index (κ3) is 58.3. The van der Waals surface area contributed by atoms with Crippen molar-refractivity contribution in [3.8, 4) is 0 Å². The van der Waals surface area contributed by atoms with Crippen molar-refractivity contribution in [1.29, 1.82) is 0 Å². The van der Waals surface area contributed by atoms with E-state index in [2.05, 4.69) is 93.7 Å². The predicted octanol–water partition coefficient (Wildman–Crippen LogP) is 16.2. The number of hydrogen-bond donors (Lipinski definition) is 4. The average Bonchev–Trinajstić information content (AvgIpc) is 3.44. The van der Waals surface area contributed by atoms with Gasteiger partial charge in [-0.05, 0) is 83.5 Å². The van der Waals surface area contributed by atoms with Gasteiger partial charge in [-0.15, -0.1) is 0 Å². The summed E-state index contributed by atoms with van der Waals surface area (Å²) in [5, 5.41) is 20.4. The van der Waals surface area contributed by atoms with Crippen molar-refractivity contribution in [2.45, 2.75) is 257 Å². The predicted molar refractivity (Wildman–Crippen MR) is 325 cm³/mol. The second-order valence-corrected chi connectivity index (χ2v) is 23.4. The van der Waals surface area contributed by atoms with Crippen molar-refractivity contribution in [3.05, 3.63) is 85.1 Å². The van der Waals surface area contributed by atoms with Crippen LogP contribution in [0, 0.1) is 0 Å². The summed E-state index contributed by atoms with van der Waals surface area (Å²) in [6.07, 6.45) is 58.0.